The lowest BCUT2D eigenvalue weighted by Gasteiger charge is -2.16. The van der Waals surface area contributed by atoms with E-state index in [0.717, 1.165) is 5.56 Å². The van der Waals surface area contributed by atoms with E-state index in [4.69, 9.17) is 44.9 Å². The number of benzene rings is 2. The Bertz CT molecular complexity index is 992. The lowest BCUT2D eigenvalue weighted by molar-refractivity contribution is -0.113. The van der Waals surface area contributed by atoms with E-state index >= 15 is 0 Å². The highest BCUT2D eigenvalue weighted by molar-refractivity contribution is 8.27. The van der Waals surface area contributed by atoms with Gasteiger partial charge in [0.1, 0.15) is 0 Å². The van der Waals surface area contributed by atoms with Gasteiger partial charge in [0.2, 0.25) is 0 Å². The molecule has 1 saturated heterocycles. The zero-order chi connectivity index (χ0) is 21.1. The van der Waals surface area contributed by atoms with Gasteiger partial charge < -0.3 is 9.47 Å². The Kier molecular flexibility index (Phi) is 7.11. The molecule has 1 aliphatic rings. The van der Waals surface area contributed by atoms with Gasteiger partial charge in [-0.1, -0.05) is 53.2 Å². The number of hydrogen-bond donors (Lipinski definition) is 0. The topological polar surface area (TPSA) is 38.8 Å². The van der Waals surface area contributed by atoms with E-state index in [0.29, 0.717) is 43.1 Å². The first-order valence-corrected chi connectivity index (χ1v) is 10.9. The van der Waals surface area contributed by atoms with Gasteiger partial charge in [-0.15, -0.1) is 0 Å². The molecule has 29 heavy (non-hydrogen) atoms. The maximum atomic E-state index is 13.0. The normalized spacial score (nSPS) is 15.5. The van der Waals surface area contributed by atoms with Gasteiger partial charge in [0.25, 0.3) is 5.91 Å². The van der Waals surface area contributed by atoms with Crippen molar-refractivity contribution in [3.8, 4) is 11.5 Å². The number of ether oxygens (including phenoxy) is 2. The van der Waals surface area contributed by atoms with Crippen LogP contribution in [0.15, 0.2) is 41.3 Å². The first kappa shape index (κ1) is 22.0. The number of anilines is 1. The van der Waals surface area contributed by atoms with Crippen molar-refractivity contribution in [2.75, 3.05) is 11.5 Å². The molecule has 0 aromatic heterocycles. The van der Waals surface area contributed by atoms with Crippen LogP contribution in [0.4, 0.5) is 5.69 Å². The van der Waals surface area contributed by atoms with Crippen molar-refractivity contribution in [1.29, 1.82) is 0 Å². The third-order valence-corrected chi connectivity index (χ3v) is 5.71. The minimum Gasteiger partial charge on any atom is -0.490 e. The standard InChI is InChI=1S/C21H19Cl2NO3S2/c1-4-26-18-9-13(5-8-17(18)27-12(2)3)10-19-20(25)24(21(28)29-19)16-7-6-14(22)11-15(16)23/h5-12H,4H2,1-3H3/b19-10-. The number of nitrogens with zero attached hydrogens (tertiary/aromatic N) is 1. The van der Waals surface area contributed by atoms with E-state index in [1.54, 1.807) is 24.3 Å². The molecular formula is C21H19Cl2NO3S2. The van der Waals surface area contributed by atoms with E-state index in [9.17, 15) is 4.79 Å². The molecule has 3 rings (SSSR count). The van der Waals surface area contributed by atoms with Crippen molar-refractivity contribution in [3.05, 3.63) is 56.9 Å². The fraction of sp³-hybridized carbons (Fsp3) is 0.238. The molecule has 152 valence electrons. The van der Waals surface area contributed by atoms with Gasteiger partial charge >= 0.3 is 0 Å². The average Bonchev–Trinajstić information content (AvgIpc) is 2.91. The highest BCUT2D eigenvalue weighted by atomic mass is 35.5. The molecule has 4 nitrogen and oxygen atoms in total. The van der Waals surface area contributed by atoms with Crippen LogP contribution in [0.3, 0.4) is 0 Å². The largest absolute Gasteiger partial charge is 0.490 e. The predicted octanol–water partition coefficient (Wildman–Crippen LogP) is 6.59. The van der Waals surface area contributed by atoms with E-state index in [-0.39, 0.29) is 12.0 Å². The van der Waals surface area contributed by atoms with Crippen LogP contribution in [0, 0.1) is 0 Å². The summed E-state index contributed by atoms with van der Waals surface area (Å²) in [7, 11) is 0. The van der Waals surface area contributed by atoms with Gasteiger partial charge in [-0.05, 0) is 62.7 Å². The zero-order valence-corrected chi connectivity index (χ0v) is 19.2. The molecule has 0 radical (unpaired) electrons. The molecule has 0 atom stereocenters. The van der Waals surface area contributed by atoms with Crippen molar-refractivity contribution in [2.24, 2.45) is 0 Å². The van der Waals surface area contributed by atoms with Crippen LogP contribution in [0.25, 0.3) is 6.08 Å². The molecule has 8 heteroatoms. The molecule has 0 aliphatic carbocycles. The molecule has 0 saturated carbocycles. The van der Waals surface area contributed by atoms with Crippen molar-refractivity contribution in [1.82, 2.24) is 0 Å². The molecular weight excluding hydrogens is 449 g/mol. The molecule has 2 aromatic carbocycles. The lowest BCUT2D eigenvalue weighted by Crippen LogP contribution is -2.27. The van der Waals surface area contributed by atoms with Crippen LogP contribution in [0.1, 0.15) is 26.3 Å². The van der Waals surface area contributed by atoms with Gasteiger partial charge in [-0.3, -0.25) is 9.69 Å². The fourth-order valence-electron chi connectivity index (χ4n) is 2.72. The number of carbonyl (C=O) groups is 1. The third kappa shape index (κ3) is 5.07. The first-order chi connectivity index (χ1) is 13.8. The number of halogens is 2. The number of amides is 1. The monoisotopic (exact) mass is 467 g/mol. The zero-order valence-electron chi connectivity index (χ0n) is 16.1. The molecule has 0 spiro atoms. The second kappa shape index (κ2) is 9.39. The summed E-state index contributed by atoms with van der Waals surface area (Å²) in [5.74, 6) is 1.07. The maximum Gasteiger partial charge on any atom is 0.270 e. The Morgan fingerprint density at radius 3 is 2.59 bits per heavy atom. The van der Waals surface area contributed by atoms with Crippen LogP contribution < -0.4 is 14.4 Å². The van der Waals surface area contributed by atoms with Crippen molar-refractivity contribution in [2.45, 2.75) is 26.9 Å². The van der Waals surface area contributed by atoms with E-state index in [1.165, 1.54) is 16.7 Å². The van der Waals surface area contributed by atoms with Crippen LogP contribution in [0.2, 0.25) is 10.0 Å². The fourth-order valence-corrected chi connectivity index (χ4v) is 4.50. The van der Waals surface area contributed by atoms with Gasteiger partial charge in [0.15, 0.2) is 15.8 Å². The summed E-state index contributed by atoms with van der Waals surface area (Å²) >= 11 is 18.9. The number of thioether (sulfide) groups is 1. The summed E-state index contributed by atoms with van der Waals surface area (Å²) in [5, 5.41) is 0.857. The smallest absolute Gasteiger partial charge is 0.270 e. The average molecular weight is 468 g/mol. The molecule has 2 aromatic rings. The minimum atomic E-state index is -0.232. The summed E-state index contributed by atoms with van der Waals surface area (Å²) in [4.78, 5) is 14.9. The second-order valence-electron chi connectivity index (χ2n) is 6.42. The van der Waals surface area contributed by atoms with Crippen molar-refractivity contribution < 1.29 is 14.3 Å². The predicted molar refractivity (Wildman–Crippen MR) is 125 cm³/mol. The van der Waals surface area contributed by atoms with Crippen LogP contribution >= 0.6 is 47.2 Å². The minimum absolute atomic E-state index is 0.0282. The molecule has 1 aliphatic heterocycles. The summed E-state index contributed by atoms with van der Waals surface area (Å²) < 4.78 is 11.9. The second-order valence-corrected chi connectivity index (χ2v) is 8.94. The first-order valence-electron chi connectivity index (χ1n) is 8.96. The Morgan fingerprint density at radius 2 is 1.93 bits per heavy atom. The maximum absolute atomic E-state index is 13.0. The highest BCUT2D eigenvalue weighted by Gasteiger charge is 2.34. The van der Waals surface area contributed by atoms with Gasteiger partial charge in [0.05, 0.1) is 28.3 Å². The molecule has 1 fully saturated rings. The molecule has 0 bridgehead atoms. The number of thiocarbonyl (C=S) groups is 1. The van der Waals surface area contributed by atoms with Gasteiger partial charge in [0, 0.05) is 5.02 Å². The number of hydrogen-bond acceptors (Lipinski definition) is 5. The lowest BCUT2D eigenvalue weighted by atomic mass is 10.1. The molecule has 1 amide bonds. The summed E-state index contributed by atoms with van der Waals surface area (Å²) in [5.41, 5.74) is 1.32. The number of carbonyl (C=O) groups excluding carboxylic acids is 1. The summed E-state index contributed by atoms with van der Waals surface area (Å²) in [6.07, 6.45) is 1.81. The van der Waals surface area contributed by atoms with Crippen LogP contribution in [0.5, 0.6) is 11.5 Å². The molecule has 0 unspecified atom stereocenters. The Hall–Kier alpha value is -1.73. The molecule has 1 heterocycles. The molecule has 0 N–H and O–H groups in total. The van der Waals surface area contributed by atoms with E-state index < -0.39 is 0 Å². The number of rotatable bonds is 6. The van der Waals surface area contributed by atoms with E-state index in [1.807, 2.05) is 39.0 Å². The van der Waals surface area contributed by atoms with Gasteiger partial charge in [-0.25, -0.2) is 0 Å². The van der Waals surface area contributed by atoms with E-state index in [2.05, 4.69) is 0 Å². The quantitative estimate of drug-likeness (QED) is 0.354. The summed E-state index contributed by atoms with van der Waals surface area (Å²) in [6, 6.07) is 10.5. The Labute approximate surface area is 189 Å². The SMILES string of the molecule is CCOc1cc(/C=C2\SC(=S)N(c3ccc(Cl)cc3Cl)C2=O)ccc1OC(C)C. The Morgan fingerprint density at radius 1 is 1.17 bits per heavy atom. The summed E-state index contributed by atoms with van der Waals surface area (Å²) in [6.45, 7) is 6.33. The Balaban J connectivity index is 1.92. The third-order valence-electron chi connectivity index (χ3n) is 3.87. The highest BCUT2D eigenvalue weighted by Crippen LogP contribution is 2.40. The van der Waals surface area contributed by atoms with Crippen LogP contribution in [-0.2, 0) is 4.79 Å². The van der Waals surface area contributed by atoms with Crippen molar-refractivity contribution in [3.63, 3.8) is 0 Å². The van der Waals surface area contributed by atoms with Crippen molar-refractivity contribution >= 4 is 69.2 Å². The van der Waals surface area contributed by atoms with Crippen LogP contribution in [-0.4, -0.2) is 22.9 Å². The van der Waals surface area contributed by atoms with Gasteiger partial charge in [-0.2, -0.15) is 0 Å².